The van der Waals surface area contributed by atoms with E-state index >= 15 is 0 Å². The fraction of sp³-hybridized carbons (Fsp3) is 0.125. The lowest BCUT2D eigenvalue weighted by Crippen LogP contribution is -2.46. The van der Waals surface area contributed by atoms with E-state index in [-0.39, 0.29) is 17.5 Å². The minimum Gasteiger partial charge on any atom is -0.368 e. The van der Waals surface area contributed by atoms with Crippen LogP contribution in [0.1, 0.15) is 15.9 Å². The number of carbonyl (C=O) groups is 2. The Labute approximate surface area is 130 Å². The van der Waals surface area contributed by atoms with Crippen molar-refractivity contribution >= 4 is 11.8 Å². The Kier molecular flexibility index (Phi) is 5.00. The van der Waals surface area contributed by atoms with Gasteiger partial charge in [0.2, 0.25) is 5.91 Å². The third-order valence-electron chi connectivity index (χ3n) is 3.21. The molecule has 0 bridgehead atoms. The van der Waals surface area contributed by atoms with E-state index < -0.39 is 35.3 Å². The topological polar surface area (TPSA) is 72.2 Å². The van der Waals surface area contributed by atoms with Gasteiger partial charge in [-0.05, 0) is 29.8 Å². The fourth-order valence-electron chi connectivity index (χ4n) is 1.99. The van der Waals surface area contributed by atoms with Crippen LogP contribution in [0.4, 0.5) is 13.2 Å². The summed E-state index contributed by atoms with van der Waals surface area (Å²) in [6.45, 7) is 0. The van der Waals surface area contributed by atoms with Gasteiger partial charge in [0.1, 0.15) is 11.9 Å². The number of halogens is 3. The van der Waals surface area contributed by atoms with Gasteiger partial charge in [0.25, 0.3) is 5.91 Å². The monoisotopic (exact) mass is 322 g/mol. The zero-order valence-corrected chi connectivity index (χ0v) is 11.9. The fourth-order valence-corrected chi connectivity index (χ4v) is 1.99. The molecule has 0 aliphatic carbocycles. The summed E-state index contributed by atoms with van der Waals surface area (Å²) >= 11 is 0. The van der Waals surface area contributed by atoms with Crippen LogP contribution in [-0.4, -0.2) is 17.9 Å². The molecule has 2 rings (SSSR count). The molecule has 0 aliphatic heterocycles. The molecule has 2 aromatic carbocycles. The molecule has 0 saturated heterocycles. The molecule has 0 aromatic heterocycles. The van der Waals surface area contributed by atoms with Gasteiger partial charge in [0, 0.05) is 12.0 Å². The summed E-state index contributed by atoms with van der Waals surface area (Å²) in [6, 6.07) is 7.10. The molecule has 0 spiro atoms. The molecule has 0 unspecified atom stereocenters. The Morgan fingerprint density at radius 1 is 1.00 bits per heavy atom. The molecule has 0 heterocycles. The molecular formula is C16H13F3N2O2. The Morgan fingerprint density at radius 3 is 2.30 bits per heavy atom. The van der Waals surface area contributed by atoms with E-state index in [9.17, 15) is 22.8 Å². The van der Waals surface area contributed by atoms with Crippen molar-refractivity contribution in [3.05, 3.63) is 71.0 Å². The summed E-state index contributed by atoms with van der Waals surface area (Å²) in [4.78, 5) is 23.5. The summed E-state index contributed by atoms with van der Waals surface area (Å²) in [7, 11) is 0. The van der Waals surface area contributed by atoms with Gasteiger partial charge in [-0.3, -0.25) is 9.59 Å². The molecule has 0 fully saturated rings. The first-order valence-corrected chi connectivity index (χ1v) is 6.67. The van der Waals surface area contributed by atoms with Crippen LogP contribution < -0.4 is 11.1 Å². The van der Waals surface area contributed by atoms with Gasteiger partial charge in [-0.25, -0.2) is 13.2 Å². The molecule has 0 radical (unpaired) electrons. The van der Waals surface area contributed by atoms with Crippen molar-refractivity contribution in [1.29, 1.82) is 0 Å². The number of hydrogen-bond donors (Lipinski definition) is 2. The Morgan fingerprint density at radius 2 is 1.70 bits per heavy atom. The second kappa shape index (κ2) is 6.95. The van der Waals surface area contributed by atoms with Crippen LogP contribution >= 0.6 is 0 Å². The summed E-state index contributed by atoms with van der Waals surface area (Å²) in [5, 5.41) is 2.29. The summed E-state index contributed by atoms with van der Waals surface area (Å²) in [5.41, 5.74) is 5.22. The van der Waals surface area contributed by atoms with Crippen LogP contribution in [0.3, 0.4) is 0 Å². The highest BCUT2D eigenvalue weighted by atomic mass is 19.2. The second-order valence-corrected chi connectivity index (χ2v) is 4.85. The van der Waals surface area contributed by atoms with E-state index in [4.69, 9.17) is 5.73 Å². The minimum atomic E-state index is -1.19. The van der Waals surface area contributed by atoms with E-state index in [1.807, 2.05) is 0 Å². The van der Waals surface area contributed by atoms with Crippen LogP contribution in [0.2, 0.25) is 0 Å². The van der Waals surface area contributed by atoms with Crippen LogP contribution in [0.5, 0.6) is 0 Å². The first-order valence-electron chi connectivity index (χ1n) is 6.67. The number of hydrogen-bond acceptors (Lipinski definition) is 2. The van der Waals surface area contributed by atoms with Gasteiger partial charge >= 0.3 is 0 Å². The number of amides is 2. The number of primary amides is 1. The van der Waals surface area contributed by atoms with Crippen LogP contribution in [-0.2, 0) is 11.2 Å². The van der Waals surface area contributed by atoms with Crippen molar-refractivity contribution < 1.29 is 22.8 Å². The highest BCUT2D eigenvalue weighted by Gasteiger charge is 2.21. The zero-order valence-electron chi connectivity index (χ0n) is 11.9. The normalized spacial score (nSPS) is 11.8. The van der Waals surface area contributed by atoms with E-state index in [1.165, 1.54) is 18.2 Å². The quantitative estimate of drug-likeness (QED) is 0.883. The molecule has 2 amide bonds. The largest absolute Gasteiger partial charge is 0.368 e. The Balaban J connectivity index is 2.16. The zero-order chi connectivity index (χ0) is 17.0. The van der Waals surface area contributed by atoms with E-state index in [2.05, 4.69) is 5.32 Å². The molecule has 3 N–H and O–H groups in total. The molecular weight excluding hydrogens is 309 g/mol. The number of carbonyl (C=O) groups excluding carboxylic acids is 2. The maximum Gasteiger partial charge on any atom is 0.252 e. The predicted octanol–water partition coefficient (Wildman–Crippen LogP) is 1.93. The average Bonchev–Trinajstić information content (AvgIpc) is 2.51. The van der Waals surface area contributed by atoms with Gasteiger partial charge in [0.05, 0.1) is 0 Å². The van der Waals surface area contributed by atoms with Crippen LogP contribution in [0, 0.1) is 17.5 Å². The lowest BCUT2D eigenvalue weighted by Gasteiger charge is -2.16. The van der Waals surface area contributed by atoms with Crippen molar-refractivity contribution in [2.45, 2.75) is 12.5 Å². The van der Waals surface area contributed by atoms with Crippen molar-refractivity contribution in [3.63, 3.8) is 0 Å². The van der Waals surface area contributed by atoms with Gasteiger partial charge < -0.3 is 11.1 Å². The molecule has 4 nitrogen and oxygen atoms in total. The molecule has 120 valence electrons. The van der Waals surface area contributed by atoms with Crippen molar-refractivity contribution in [1.82, 2.24) is 5.32 Å². The van der Waals surface area contributed by atoms with Crippen molar-refractivity contribution in [2.24, 2.45) is 5.73 Å². The van der Waals surface area contributed by atoms with E-state index in [0.29, 0.717) is 6.07 Å². The van der Waals surface area contributed by atoms with Crippen molar-refractivity contribution in [3.8, 4) is 0 Å². The maximum atomic E-state index is 13.6. The van der Waals surface area contributed by atoms with Gasteiger partial charge in [-0.1, -0.05) is 18.2 Å². The molecule has 0 saturated carbocycles. The number of nitrogens with one attached hydrogen (secondary N) is 1. The smallest absolute Gasteiger partial charge is 0.252 e. The van der Waals surface area contributed by atoms with Crippen LogP contribution in [0.25, 0.3) is 0 Å². The highest BCUT2D eigenvalue weighted by molar-refractivity contribution is 5.97. The molecule has 0 aliphatic rings. The standard InChI is InChI=1S/C16H13F3N2O2/c17-11-4-2-1-3-9(11)8-14(15(20)22)21-16(23)10-5-6-12(18)13(19)7-10/h1-7,14H,8H2,(H2,20,22)(H,21,23)/t14-/m1/s1. The third-order valence-corrected chi connectivity index (χ3v) is 3.21. The van der Waals surface area contributed by atoms with E-state index in [0.717, 1.165) is 12.1 Å². The Bertz CT molecular complexity index is 750. The van der Waals surface area contributed by atoms with Gasteiger partial charge in [-0.2, -0.15) is 0 Å². The van der Waals surface area contributed by atoms with Crippen molar-refractivity contribution in [2.75, 3.05) is 0 Å². The number of rotatable bonds is 5. The van der Waals surface area contributed by atoms with Gasteiger partial charge in [0.15, 0.2) is 11.6 Å². The van der Waals surface area contributed by atoms with Crippen LogP contribution in [0.15, 0.2) is 42.5 Å². The number of nitrogens with two attached hydrogens (primary N) is 1. The molecule has 2 aromatic rings. The molecule has 23 heavy (non-hydrogen) atoms. The molecule has 7 heteroatoms. The first-order chi connectivity index (χ1) is 10.9. The van der Waals surface area contributed by atoms with Gasteiger partial charge in [-0.15, -0.1) is 0 Å². The molecule has 1 atom stereocenters. The second-order valence-electron chi connectivity index (χ2n) is 4.85. The Hall–Kier alpha value is -2.83. The average molecular weight is 322 g/mol. The lowest BCUT2D eigenvalue weighted by atomic mass is 10.0. The lowest BCUT2D eigenvalue weighted by molar-refractivity contribution is -0.119. The third kappa shape index (κ3) is 4.09. The maximum absolute atomic E-state index is 13.6. The number of benzene rings is 2. The highest BCUT2D eigenvalue weighted by Crippen LogP contribution is 2.11. The predicted molar refractivity (Wildman–Crippen MR) is 76.9 cm³/mol. The SMILES string of the molecule is NC(=O)[C@@H](Cc1ccccc1F)NC(=O)c1ccc(F)c(F)c1. The summed E-state index contributed by atoms with van der Waals surface area (Å²) < 4.78 is 39.6. The minimum absolute atomic E-state index is 0.155. The van der Waals surface area contributed by atoms with E-state index in [1.54, 1.807) is 6.07 Å². The first kappa shape index (κ1) is 16.5. The summed E-state index contributed by atoms with van der Waals surface area (Å²) in [5.74, 6) is -4.52. The summed E-state index contributed by atoms with van der Waals surface area (Å²) in [6.07, 6.45) is -0.155.